The molecule has 98 valence electrons. The molecule has 1 amide bonds. The van der Waals surface area contributed by atoms with Gasteiger partial charge in [-0.05, 0) is 24.5 Å². The molecule has 18 heavy (non-hydrogen) atoms. The van der Waals surface area contributed by atoms with Gasteiger partial charge in [-0.25, -0.2) is 8.78 Å². The molecule has 1 aromatic carbocycles. The zero-order chi connectivity index (χ0) is 13.1. The summed E-state index contributed by atoms with van der Waals surface area (Å²) in [5.74, 6) is -1.39. The predicted octanol–water partition coefficient (Wildman–Crippen LogP) is 2.89. The van der Waals surface area contributed by atoms with Gasteiger partial charge in [0.15, 0.2) is 0 Å². The van der Waals surface area contributed by atoms with E-state index in [1.165, 1.54) is 12.1 Å². The van der Waals surface area contributed by atoms with Crippen LogP contribution in [0.1, 0.15) is 18.4 Å². The highest BCUT2D eigenvalue weighted by molar-refractivity contribution is 9.09. The first-order valence-electron chi connectivity index (χ1n) is 5.92. The van der Waals surface area contributed by atoms with E-state index in [1.807, 2.05) is 0 Å². The molecular formula is C13H14BrF2NO. The minimum absolute atomic E-state index is 0.00810. The van der Waals surface area contributed by atoms with E-state index in [1.54, 1.807) is 4.90 Å². The lowest BCUT2D eigenvalue weighted by molar-refractivity contribution is -0.131. The Labute approximate surface area is 113 Å². The van der Waals surface area contributed by atoms with E-state index in [-0.39, 0.29) is 17.9 Å². The van der Waals surface area contributed by atoms with Crippen LogP contribution in [0.25, 0.3) is 0 Å². The number of amides is 1. The second kappa shape index (κ2) is 5.78. The minimum atomic E-state index is -0.657. The number of halogens is 3. The largest absolute Gasteiger partial charge is 0.341 e. The lowest BCUT2D eigenvalue weighted by Crippen LogP contribution is -2.41. The second-order valence-corrected chi connectivity index (χ2v) is 5.79. The third-order valence-electron chi connectivity index (χ3n) is 3.07. The van der Waals surface area contributed by atoms with Crippen molar-refractivity contribution in [2.24, 2.45) is 0 Å². The quantitative estimate of drug-likeness (QED) is 0.768. The fourth-order valence-electron chi connectivity index (χ4n) is 2.09. The molecule has 2 rings (SSSR count). The lowest BCUT2D eigenvalue weighted by Gasteiger charge is -2.30. The minimum Gasteiger partial charge on any atom is -0.341 e. The van der Waals surface area contributed by atoms with Gasteiger partial charge in [-0.3, -0.25) is 4.79 Å². The number of hydrogen-bond donors (Lipinski definition) is 0. The Morgan fingerprint density at radius 3 is 2.89 bits per heavy atom. The maximum Gasteiger partial charge on any atom is 0.227 e. The van der Waals surface area contributed by atoms with Crippen molar-refractivity contribution in [1.82, 2.24) is 4.90 Å². The van der Waals surface area contributed by atoms with Crippen molar-refractivity contribution in [2.75, 3.05) is 13.1 Å². The number of piperidine rings is 1. The number of rotatable bonds is 2. The summed E-state index contributed by atoms with van der Waals surface area (Å²) >= 11 is 3.49. The van der Waals surface area contributed by atoms with Crippen molar-refractivity contribution >= 4 is 21.8 Å². The van der Waals surface area contributed by atoms with Crippen molar-refractivity contribution in [3.63, 3.8) is 0 Å². The zero-order valence-electron chi connectivity index (χ0n) is 9.83. The molecule has 1 unspecified atom stereocenters. The highest BCUT2D eigenvalue weighted by Crippen LogP contribution is 2.18. The zero-order valence-corrected chi connectivity index (χ0v) is 11.4. The van der Waals surface area contributed by atoms with Crippen molar-refractivity contribution in [2.45, 2.75) is 24.1 Å². The Kier molecular flexibility index (Phi) is 4.32. The third kappa shape index (κ3) is 3.28. The highest BCUT2D eigenvalue weighted by Gasteiger charge is 2.22. The second-order valence-electron chi connectivity index (χ2n) is 4.49. The molecule has 1 fully saturated rings. The smallest absolute Gasteiger partial charge is 0.227 e. The maximum atomic E-state index is 13.4. The van der Waals surface area contributed by atoms with Crippen LogP contribution in [-0.4, -0.2) is 28.7 Å². The third-order valence-corrected chi connectivity index (χ3v) is 3.82. The van der Waals surface area contributed by atoms with Gasteiger partial charge in [0.2, 0.25) is 5.91 Å². The number of carbonyl (C=O) groups excluding carboxylic acids is 1. The first-order chi connectivity index (χ1) is 8.56. The van der Waals surface area contributed by atoms with E-state index in [2.05, 4.69) is 15.9 Å². The van der Waals surface area contributed by atoms with Crippen LogP contribution in [0.4, 0.5) is 8.78 Å². The van der Waals surface area contributed by atoms with E-state index >= 15 is 0 Å². The van der Waals surface area contributed by atoms with E-state index in [9.17, 15) is 13.6 Å². The summed E-state index contributed by atoms with van der Waals surface area (Å²) in [6.07, 6.45) is 1.99. The van der Waals surface area contributed by atoms with Crippen molar-refractivity contribution < 1.29 is 13.6 Å². The van der Waals surface area contributed by atoms with Crippen LogP contribution in [0.3, 0.4) is 0 Å². The highest BCUT2D eigenvalue weighted by atomic mass is 79.9. The Morgan fingerprint density at radius 2 is 2.22 bits per heavy atom. The van der Waals surface area contributed by atoms with E-state index in [4.69, 9.17) is 0 Å². The number of benzene rings is 1. The van der Waals surface area contributed by atoms with E-state index in [0.29, 0.717) is 17.9 Å². The summed E-state index contributed by atoms with van der Waals surface area (Å²) in [6, 6.07) is 3.32. The Hall–Kier alpha value is -0.970. The van der Waals surface area contributed by atoms with Crippen LogP contribution in [0, 0.1) is 11.6 Å². The molecule has 0 bridgehead atoms. The van der Waals surface area contributed by atoms with Crippen LogP contribution in [0.2, 0.25) is 0 Å². The molecule has 1 aliphatic rings. The topological polar surface area (TPSA) is 20.3 Å². The van der Waals surface area contributed by atoms with Gasteiger partial charge in [0.1, 0.15) is 11.6 Å². The van der Waals surface area contributed by atoms with Crippen molar-refractivity contribution in [3.05, 3.63) is 35.4 Å². The van der Waals surface area contributed by atoms with E-state index < -0.39 is 11.6 Å². The summed E-state index contributed by atoms with van der Waals surface area (Å²) < 4.78 is 26.2. The SMILES string of the molecule is O=C(Cc1ccc(F)cc1F)N1CCCC(Br)C1. The first kappa shape index (κ1) is 13.5. The molecule has 1 saturated heterocycles. The monoisotopic (exact) mass is 317 g/mol. The first-order valence-corrected chi connectivity index (χ1v) is 6.83. The van der Waals surface area contributed by atoms with Crippen LogP contribution in [-0.2, 0) is 11.2 Å². The van der Waals surface area contributed by atoms with Gasteiger partial charge in [0.05, 0.1) is 6.42 Å². The Morgan fingerprint density at radius 1 is 1.44 bits per heavy atom. The molecule has 2 nitrogen and oxygen atoms in total. The molecule has 1 heterocycles. The molecule has 0 radical (unpaired) electrons. The Bertz CT molecular complexity index is 453. The number of alkyl halides is 1. The molecule has 0 saturated carbocycles. The Balaban J connectivity index is 2.02. The molecule has 0 spiro atoms. The molecule has 1 atom stereocenters. The fourth-order valence-corrected chi connectivity index (χ4v) is 2.76. The summed E-state index contributed by atoms with van der Waals surface area (Å²) in [4.78, 5) is 14.0. The summed E-state index contributed by atoms with van der Waals surface area (Å²) in [7, 11) is 0. The van der Waals surface area contributed by atoms with Gasteiger partial charge in [0, 0.05) is 24.0 Å². The normalized spacial score (nSPS) is 19.9. The number of likely N-dealkylation sites (tertiary alicyclic amines) is 1. The van der Waals surface area contributed by atoms with Gasteiger partial charge in [-0.2, -0.15) is 0 Å². The van der Waals surface area contributed by atoms with Crippen LogP contribution in [0.5, 0.6) is 0 Å². The number of carbonyl (C=O) groups is 1. The van der Waals surface area contributed by atoms with Gasteiger partial charge in [-0.15, -0.1) is 0 Å². The molecule has 0 aromatic heterocycles. The summed E-state index contributed by atoms with van der Waals surface area (Å²) in [5.41, 5.74) is 0.248. The average molecular weight is 318 g/mol. The molecule has 0 aliphatic carbocycles. The van der Waals surface area contributed by atoms with Gasteiger partial charge in [0.25, 0.3) is 0 Å². The number of hydrogen-bond acceptors (Lipinski definition) is 1. The van der Waals surface area contributed by atoms with Crippen LogP contribution >= 0.6 is 15.9 Å². The average Bonchev–Trinajstić information content (AvgIpc) is 2.32. The van der Waals surface area contributed by atoms with Crippen LogP contribution in [0.15, 0.2) is 18.2 Å². The predicted molar refractivity (Wildman–Crippen MR) is 68.6 cm³/mol. The standard InChI is InChI=1S/C13H14BrF2NO/c14-10-2-1-5-17(8-10)13(18)6-9-3-4-11(15)7-12(9)16/h3-4,7,10H,1-2,5-6,8H2. The van der Waals surface area contributed by atoms with Crippen molar-refractivity contribution in [3.8, 4) is 0 Å². The summed E-state index contributed by atoms with van der Waals surface area (Å²) in [5, 5.41) is 0. The van der Waals surface area contributed by atoms with Crippen LogP contribution < -0.4 is 0 Å². The molecule has 5 heteroatoms. The number of nitrogens with zero attached hydrogens (tertiary/aromatic N) is 1. The lowest BCUT2D eigenvalue weighted by atomic mass is 10.1. The molecule has 0 N–H and O–H groups in total. The molecular weight excluding hydrogens is 304 g/mol. The summed E-state index contributed by atoms with van der Waals surface area (Å²) in [6.45, 7) is 1.37. The van der Waals surface area contributed by atoms with Gasteiger partial charge in [-0.1, -0.05) is 22.0 Å². The van der Waals surface area contributed by atoms with Gasteiger partial charge >= 0.3 is 0 Å². The maximum absolute atomic E-state index is 13.4. The van der Waals surface area contributed by atoms with Gasteiger partial charge < -0.3 is 4.90 Å². The van der Waals surface area contributed by atoms with E-state index in [0.717, 1.165) is 18.9 Å². The fraction of sp³-hybridized carbons (Fsp3) is 0.462. The molecule has 1 aliphatic heterocycles. The molecule has 1 aromatic rings. The van der Waals surface area contributed by atoms with Crippen molar-refractivity contribution in [1.29, 1.82) is 0 Å².